The maximum Gasteiger partial charge on any atom is 0.407 e. The van der Waals surface area contributed by atoms with Crippen LogP contribution in [0.5, 0.6) is 0 Å². The lowest BCUT2D eigenvalue weighted by atomic mass is 10.0. The summed E-state index contributed by atoms with van der Waals surface area (Å²) >= 11 is 5.85. The molecule has 1 aromatic rings. The Balaban J connectivity index is 2.43. The van der Waals surface area contributed by atoms with Gasteiger partial charge < -0.3 is 19.9 Å². The predicted octanol–water partition coefficient (Wildman–Crippen LogP) is 3.71. The maximum absolute atomic E-state index is 11.9. The third kappa shape index (κ3) is 9.27. The fraction of sp³-hybridized carbons (Fsp3) is 0.500. The highest BCUT2D eigenvalue weighted by atomic mass is 35.5. The molecule has 8 heteroatoms. The number of carboxylic acid groups (broad SMARTS) is 1. The van der Waals surface area contributed by atoms with Gasteiger partial charge in [-0.2, -0.15) is 0 Å². The standard InChI is InChI=1S/C18H24ClNO6/c1-2-4-17(23)25-11-3-12-26-18(24)20-15(9-10-16(21)22)13-5-7-14(19)8-6-13/h5-8,15H,2-4,9-12H2,1H3,(H,20,24)(H,21,22). The van der Waals surface area contributed by atoms with Crippen molar-refractivity contribution in [3.8, 4) is 0 Å². The number of ether oxygens (including phenoxy) is 2. The first kappa shape index (κ1) is 21.8. The number of esters is 1. The summed E-state index contributed by atoms with van der Waals surface area (Å²) in [5, 5.41) is 12.1. The Hall–Kier alpha value is -2.28. The molecule has 0 aliphatic heterocycles. The van der Waals surface area contributed by atoms with Gasteiger partial charge in [0.25, 0.3) is 0 Å². The van der Waals surface area contributed by atoms with Crippen LogP contribution in [0.4, 0.5) is 4.79 Å². The van der Waals surface area contributed by atoms with E-state index in [1.165, 1.54) is 0 Å². The molecule has 2 N–H and O–H groups in total. The molecular formula is C18H24ClNO6. The lowest BCUT2D eigenvalue weighted by Crippen LogP contribution is -2.30. The zero-order valence-corrected chi connectivity index (χ0v) is 15.5. The molecular weight excluding hydrogens is 362 g/mol. The van der Waals surface area contributed by atoms with Crippen molar-refractivity contribution in [2.45, 2.75) is 45.1 Å². The Morgan fingerprint density at radius 1 is 1.12 bits per heavy atom. The third-order valence-corrected chi connectivity index (χ3v) is 3.70. The van der Waals surface area contributed by atoms with Crippen molar-refractivity contribution in [2.75, 3.05) is 13.2 Å². The number of aliphatic carboxylic acids is 1. The van der Waals surface area contributed by atoms with Crippen molar-refractivity contribution in [2.24, 2.45) is 0 Å². The summed E-state index contributed by atoms with van der Waals surface area (Å²) in [7, 11) is 0. The van der Waals surface area contributed by atoms with Gasteiger partial charge in [-0.3, -0.25) is 9.59 Å². The van der Waals surface area contributed by atoms with Gasteiger partial charge in [0.2, 0.25) is 0 Å². The van der Waals surface area contributed by atoms with E-state index in [0.717, 1.165) is 12.0 Å². The van der Waals surface area contributed by atoms with E-state index in [0.29, 0.717) is 17.9 Å². The average molecular weight is 386 g/mol. The first-order valence-corrected chi connectivity index (χ1v) is 8.86. The quantitative estimate of drug-likeness (QED) is 0.444. The molecule has 0 aliphatic carbocycles. The second-order valence-corrected chi connectivity index (χ2v) is 6.08. The number of nitrogens with one attached hydrogen (secondary N) is 1. The molecule has 0 aromatic heterocycles. The van der Waals surface area contributed by atoms with E-state index in [1.54, 1.807) is 24.3 Å². The Morgan fingerprint density at radius 3 is 2.38 bits per heavy atom. The van der Waals surface area contributed by atoms with E-state index in [-0.39, 0.29) is 32.0 Å². The fourth-order valence-corrected chi connectivity index (χ4v) is 2.28. The van der Waals surface area contributed by atoms with Gasteiger partial charge in [-0.05, 0) is 30.5 Å². The van der Waals surface area contributed by atoms with Crippen LogP contribution < -0.4 is 5.32 Å². The summed E-state index contributed by atoms with van der Waals surface area (Å²) in [5.74, 6) is -1.22. The molecule has 0 bridgehead atoms. The zero-order chi connectivity index (χ0) is 19.4. The Morgan fingerprint density at radius 2 is 1.77 bits per heavy atom. The largest absolute Gasteiger partial charge is 0.481 e. The van der Waals surface area contributed by atoms with E-state index in [2.05, 4.69) is 5.32 Å². The molecule has 7 nitrogen and oxygen atoms in total. The minimum Gasteiger partial charge on any atom is -0.481 e. The summed E-state index contributed by atoms with van der Waals surface area (Å²) in [6.07, 6.45) is 0.953. The van der Waals surface area contributed by atoms with Crippen molar-refractivity contribution in [3.63, 3.8) is 0 Å². The number of carboxylic acids is 1. The SMILES string of the molecule is CCCC(=O)OCCCOC(=O)NC(CCC(=O)O)c1ccc(Cl)cc1. The van der Waals surface area contributed by atoms with Gasteiger partial charge in [0.05, 0.1) is 19.3 Å². The molecule has 1 amide bonds. The number of alkyl carbamates (subject to hydrolysis) is 1. The van der Waals surface area contributed by atoms with Crippen LogP contribution in [0, 0.1) is 0 Å². The number of hydrogen-bond donors (Lipinski definition) is 2. The highest BCUT2D eigenvalue weighted by Gasteiger charge is 2.17. The molecule has 0 radical (unpaired) electrons. The van der Waals surface area contributed by atoms with Crippen LogP contribution in [0.1, 0.15) is 50.6 Å². The fourth-order valence-electron chi connectivity index (χ4n) is 2.16. The van der Waals surface area contributed by atoms with Gasteiger partial charge in [-0.25, -0.2) is 4.79 Å². The number of hydrogen-bond acceptors (Lipinski definition) is 5. The smallest absolute Gasteiger partial charge is 0.407 e. The average Bonchev–Trinajstić information content (AvgIpc) is 2.59. The molecule has 0 saturated heterocycles. The molecule has 0 saturated carbocycles. The van der Waals surface area contributed by atoms with Crippen molar-refractivity contribution in [1.82, 2.24) is 5.32 Å². The molecule has 0 fully saturated rings. The monoisotopic (exact) mass is 385 g/mol. The van der Waals surface area contributed by atoms with Crippen LogP contribution >= 0.6 is 11.6 Å². The van der Waals surface area contributed by atoms with Gasteiger partial charge in [0, 0.05) is 24.3 Å². The number of rotatable bonds is 11. The summed E-state index contributed by atoms with van der Waals surface area (Å²) in [6, 6.07) is 6.29. The number of carbonyl (C=O) groups is 3. The van der Waals surface area contributed by atoms with Gasteiger partial charge in [0.1, 0.15) is 0 Å². The number of halogens is 1. The van der Waals surface area contributed by atoms with Crippen LogP contribution in [-0.2, 0) is 19.1 Å². The topological polar surface area (TPSA) is 102 Å². The van der Waals surface area contributed by atoms with Crippen molar-refractivity contribution in [3.05, 3.63) is 34.9 Å². The molecule has 0 heterocycles. The second-order valence-electron chi connectivity index (χ2n) is 5.64. The first-order chi connectivity index (χ1) is 12.4. The second kappa shape index (κ2) is 12.1. The van der Waals surface area contributed by atoms with Crippen LogP contribution in [0.2, 0.25) is 5.02 Å². The molecule has 144 valence electrons. The Labute approximate surface area is 157 Å². The number of carbonyl (C=O) groups excluding carboxylic acids is 2. The van der Waals surface area contributed by atoms with E-state index >= 15 is 0 Å². The van der Waals surface area contributed by atoms with E-state index in [1.807, 2.05) is 6.92 Å². The Kier molecular flexibility index (Phi) is 10.2. The highest BCUT2D eigenvalue weighted by Crippen LogP contribution is 2.21. The molecule has 1 atom stereocenters. The molecule has 1 unspecified atom stereocenters. The maximum atomic E-state index is 11.9. The van der Waals surface area contributed by atoms with Crippen LogP contribution in [0.25, 0.3) is 0 Å². The van der Waals surface area contributed by atoms with E-state index in [4.69, 9.17) is 26.2 Å². The summed E-state index contributed by atoms with van der Waals surface area (Å²) < 4.78 is 10.0. The highest BCUT2D eigenvalue weighted by molar-refractivity contribution is 6.30. The van der Waals surface area contributed by atoms with E-state index in [9.17, 15) is 14.4 Å². The van der Waals surface area contributed by atoms with Crippen molar-refractivity contribution < 1.29 is 29.0 Å². The Bertz CT molecular complexity index is 590. The van der Waals surface area contributed by atoms with Crippen LogP contribution in [0.3, 0.4) is 0 Å². The van der Waals surface area contributed by atoms with Crippen molar-refractivity contribution >= 4 is 29.6 Å². The molecule has 1 aromatic carbocycles. The van der Waals surface area contributed by atoms with Crippen LogP contribution in [0.15, 0.2) is 24.3 Å². The summed E-state index contributed by atoms with van der Waals surface area (Å²) in [4.78, 5) is 33.9. The van der Waals surface area contributed by atoms with E-state index < -0.39 is 18.1 Å². The van der Waals surface area contributed by atoms with Gasteiger partial charge in [-0.15, -0.1) is 0 Å². The summed E-state index contributed by atoms with van der Waals surface area (Å²) in [6.45, 7) is 2.17. The normalized spacial score (nSPS) is 11.5. The number of amides is 1. The van der Waals surface area contributed by atoms with Gasteiger partial charge in [0.15, 0.2) is 0 Å². The first-order valence-electron chi connectivity index (χ1n) is 8.48. The van der Waals surface area contributed by atoms with Gasteiger partial charge >= 0.3 is 18.0 Å². The van der Waals surface area contributed by atoms with Crippen LogP contribution in [-0.4, -0.2) is 36.4 Å². The minimum atomic E-state index is -0.951. The molecule has 26 heavy (non-hydrogen) atoms. The third-order valence-electron chi connectivity index (χ3n) is 3.45. The van der Waals surface area contributed by atoms with Crippen molar-refractivity contribution in [1.29, 1.82) is 0 Å². The summed E-state index contributed by atoms with van der Waals surface area (Å²) in [5.41, 5.74) is 0.737. The molecule has 0 spiro atoms. The molecule has 0 aliphatic rings. The minimum absolute atomic E-state index is 0.0947. The predicted molar refractivity (Wildman–Crippen MR) is 96.0 cm³/mol. The number of benzene rings is 1. The zero-order valence-electron chi connectivity index (χ0n) is 14.7. The lowest BCUT2D eigenvalue weighted by Gasteiger charge is -2.18. The van der Waals surface area contributed by atoms with Gasteiger partial charge in [-0.1, -0.05) is 30.7 Å². The lowest BCUT2D eigenvalue weighted by molar-refractivity contribution is -0.144. The molecule has 1 rings (SSSR count).